The highest BCUT2D eigenvalue weighted by atomic mass is 19.4. The second-order valence-electron chi connectivity index (χ2n) is 6.17. The Balaban J connectivity index is 0.000000941. The molecule has 0 bridgehead atoms. The third kappa shape index (κ3) is 6.03. The van der Waals surface area contributed by atoms with Crippen LogP contribution in [-0.4, -0.2) is 23.2 Å². The topological polar surface area (TPSA) is 90.8 Å². The molecule has 0 fully saturated rings. The van der Waals surface area contributed by atoms with E-state index < -0.39 is 17.6 Å². The van der Waals surface area contributed by atoms with E-state index in [-0.39, 0.29) is 24.0 Å². The number of hydrazone groups is 1. The first-order chi connectivity index (χ1) is 13.6. The van der Waals surface area contributed by atoms with Crippen molar-refractivity contribution < 1.29 is 32.3 Å². The molecule has 154 valence electrons. The van der Waals surface area contributed by atoms with Gasteiger partial charge in [-0.05, 0) is 35.9 Å². The number of carbonyl (C=O) groups excluding carboxylic acids is 1. The number of halogens is 4. The Morgan fingerprint density at radius 3 is 2.34 bits per heavy atom. The quantitative estimate of drug-likeness (QED) is 0.523. The maximum absolute atomic E-state index is 13.5. The van der Waals surface area contributed by atoms with Crippen molar-refractivity contribution in [2.45, 2.75) is 19.5 Å². The Morgan fingerprint density at radius 1 is 1.17 bits per heavy atom. The number of amides is 1. The highest BCUT2D eigenvalue weighted by Crippen LogP contribution is 2.32. The van der Waals surface area contributed by atoms with Crippen LogP contribution in [0.25, 0.3) is 0 Å². The molecule has 2 aromatic carbocycles. The van der Waals surface area contributed by atoms with Gasteiger partial charge in [0.05, 0.1) is 11.3 Å². The third-order valence-corrected chi connectivity index (χ3v) is 3.95. The van der Waals surface area contributed by atoms with Gasteiger partial charge < -0.3 is 10.4 Å². The molecule has 10 heteroatoms. The fourth-order valence-electron chi connectivity index (χ4n) is 2.72. The molecule has 6 nitrogen and oxygen atoms in total. The van der Waals surface area contributed by atoms with Crippen LogP contribution in [-0.2, 0) is 15.8 Å². The monoisotopic (exact) mass is 411 g/mol. The highest BCUT2D eigenvalue weighted by molar-refractivity contribution is 6.05. The van der Waals surface area contributed by atoms with Crippen LogP contribution in [0.4, 0.5) is 28.9 Å². The van der Waals surface area contributed by atoms with Crippen molar-refractivity contribution >= 4 is 29.5 Å². The Bertz CT molecular complexity index is 912. The van der Waals surface area contributed by atoms with Gasteiger partial charge in [0.15, 0.2) is 0 Å². The Labute approximate surface area is 163 Å². The highest BCUT2D eigenvalue weighted by Gasteiger charge is 2.31. The number of rotatable bonds is 3. The lowest BCUT2D eigenvalue weighted by Crippen LogP contribution is -2.31. The maximum Gasteiger partial charge on any atom is 0.416 e. The normalized spacial score (nSPS) is 16.1. The van der Waals surface area contributed by atoms with Crippen LogP contribution in [0.15, 0.2) is 47.6 Å². The van der Waals surface area contributed by atoms with E-state index in [1.54, 1.807) is 24.3 Å². The standard InChI is InChI=1S/C18H15F4N3O.CH2O2/c1-10-6-16(26)24-25-17(10)11-2-4-14(5-3-11)23-15-8-12(18(20,21)22)7-13(19)9-15;2-1-3/h2-5,7-10,23H,6H2,1H3,(H,24,26);1H,(H,2,3)/t10-;/m1./s1. The molecule has 0 spiro atoms. The van der Waals surface area contributed by atoms with Crippen LogP contribution in [0.5, 0.6) is 0 Å². The zero-order valence-corrected chi connectivity index (χ0v) is 15.1. The number of nitrogens with zero attached hydrogens (tertiary/aromatic N) is 1. The average molecular weight is 411 g/mol. The Kier molecular flexibility index (Phi) is 6.92. The van der Waals surface area contributed by atoms with Crippen molar-refractivity contribution in [3.63, 3.8) is 0 Å². The van der Waals surface area contributed by atoms with E-state index in [0.717, 1.165) is 23.4 Å². The molecule has 3 N–H and O–H groups in total. The molecule has 3 rings (SSSR count). The second-order valence-corrected chi connectivity index (χ2v) is 6.17. The summed E-state index contributed by atoms with van der Waals surface area (Å²) in [7, 11) is 0. The van der Waals surface area contributed by atoms with Crippen LogP contribution in [0.2, 0.25) is 0 Å². The lowest BCUT2D eigenvalue weighted by molar-refractivity contribution is -0.137. The van der Waals surface area contributed by atoms with Crippen LogP contribution in [0, 0.1) is 11.7 Å². The van der Waals surface area contributed by atoms with Gasteiger partial charge in [-0.15, -0.1) is 0 Å². The first kappa shape index (κ1) is 21.9. The van der Waals surface area contributed by atoms with Crippen LogP contribution >= 0.6 is 0 Å². The van der Waals surface area contributed by atoms with Gasteiger partial charge in [0.1, 0.15) is 5.82 Å². The number of benzene rings is 2. The molecule has 29 heavy (non-hydrogen) atoms. The van der Waals surface area contributed by atoms with Crippen LogP contribution in [0.1, 0.15) is 24.5 Å². The van der Waals surface area contributed by atoms with Gasteiger partial charge in [0.25, 0.3) is 6.47 Å². The summed E-state index contributed by atoms with van der Waals surface area (Å²) in [6.07, 6.45) is -4.29. The van der Waals surface area contributed by atoms with E-state index >= 15 is 0 Å². The minimum atomic E-state index is -4.62. The molecule has 1 amide bonds. The van der Waals surface area contributed by atoms with Crippen molar-refractivity contribution in [3.05, 3.63) is 59.4 Å². The number of hydrogen-bond donors (Lipinski definition) is 3. The number of hydrogen-bond acceptors (Lipinski definition) is 4. The van der Waals surface area contributed by atoms with Gasteiger partial charge in [-0.3, -0.25) is 9.59 Å². The van der Waals surface area contributed by atoms with Crippen molar-refractivity contribution in [3.8, 4) is 0 Å². The second kappa shape index (κ2) is 9.18. The first-order valence-electron chi connectivity index (χ1n) is 8.33. The lowest BCUT2D eigenvalue weighted by Gasteiger charge is -2.19. The summed E-state index contributed by atoms with van der Waals surface area (Å²) in [4.78, 5) is 19.7. The fourth-order valence-corrected chi connectivity index (χ4v) is 2.72. The molecule has 1 aliphatic rings. The van der Waals surface area contributed by atoms with Gasteiger partial charge in [-0.1, -0.05) is 19.1 Å². The molecule has 1 atom stereocenters. The lowest BCUT2D eigenvalue weighted by atomic mass is 9.94. The molecule has 1 aliphatic heterocycles. The average Bonchev–Trinajstić information content (AvgIpc) is 2.62. The summed E-state index contributed by atoms with van der Waals surface area (Å²) in [5, 5.41) is 13.7. The van der Waals surface area contributed by atoms with Gasteiger partial charge >= 0.3 is 6.18 Å². The van der Waals surface area contributed by atoms with E-state index in [0.29, 0.717) is 18.2 Å². The van der Waals surface area contributed by atoms with E-state index in [9.17, 15) is 22.4 Å². The number of carboxylic acid groups (broad SMARTS) is 1. The van der Waals surface area contributed by atoms with E-state index in [2.05, 4.69) is 15.8 Å². The molecule has 0 saturated carbocycles. The van der Waals surface area contributed by atoms with E-state index in [4.69, 9.17) is 9.90 Å². The maximum atomic E-state index is 13.5. The summed E-state index contributed by atoms with van der Waals surface area (Å²) in [6.45, 7) is 1.63. The van der Waals surface area contributed by atoms with Gasteiger partial charge in [0.2, 0.25) is 5.91 Å². The molecule has 0 radical (unpaired) electrons. The number of carbonyl (C=O) groups is 2. The summed E-state index contributed by atoms with van der Waals surface area (Å²) in [5.41, 5.74) is 3.38. The summed E-state index contributed by atoms with van der Waals surface area (Å²) < 4.78 is 51.8. The van der Waals surface area contributed by atoms with Gasteiger partial charge in [-0.2, -0.15) is 18.3 Å². The minimum Gasteiger partial charge on any atom is -0.483 e. The Morgan fingerprint density at radius 2 is 1.79 bits per heavy atom. The number of alkyl halides is 3. The Hall–Kier alpha value is -3.43. The smallest absolute Gasteiger partial charge is 0.416 e. The SMILES string of the molecule is C[C@@H]1CC(=O)NN=C1c1ccc(Nc2cc(F)cc(C(F)(F)F)c2)cc1.O=CO. The zero-order valence-electron chi connectivity index (χ0n) is 15.1. The molecule has 1 heterocycles. The first-order valence-corrected chi connectivity index (χ1v) is 8.33. The van der Waals surface area contributed by atoms with E-state index in [1.807, 2.05) is 6.92 Å². The van der Waals surface area contributed by atoms with Crippen molar-refractivity contribution in [1.29, 1.82) is 0 Å². The van der Waals surface area contributed by atoms with E-state index in [1.165, 1.54) is 0 Å². The molecular formula is C19H17F4N3O3. The molecule has 0 saturated heterocycles. The van der Waals surface area contributed by atoms with Crippen LogP contribution in [0.3, 0.4) is 0 Å². The fraction of sp³-hybridized carbons (Fsp3) is 0.211. The summed E-state index contributed by atoms with van der Waals surface area (Å²) in [6, 6.07) is 9.06. The molecular weight excluding hydrogens is 394 g/mol. The zero-order chi connectivity index (χ0) is 21.6. The molecule has 2 aromatic rings. The summed E-state index contributed by atoms with van der Waals surface area (Å²) >= 11 is 0. The number of anilines is 2. The minimum absolute atomic E-state index is 0.000661. The largest absolute Gasteiger partial charge is 0.483 e. The predicted molar refractivity (Wildman–Crippen MR) is 98.3 cm³/mol. The summed E-state index contributed by atoms with van der Waals surface area (Å²) in [5.74, 6) is -1.16. The third-order valence-electron chi connectivity index (χ3n) is 3.95. The number of nitrogens with one attached hydrogen (secondary N) is 2. The predicted octanol–water partition coefficient (Wildman–Crippen LogP) is 4.15. The van der Waals surface area contributed by atoms with Gasteiger partial charge in [0, 0.05) is 23.7 Å². The van der Waals surface area contributed by atoms with Crippen molar-refractivity contribution in [2.24, 2.45) is 11.0 Å². The molecule has 0 unspecified atom stereocenters. The van der Waals surface area contributed by atoms with Crippen molar-refractivity contribution in [2.75, 3.05) is 5.32 Å². The van der Waals surface area contributed by atoms with Gasteiger partial charge in [-0.25, -0.2) is 9.82 Å². The molecule has 0 aromatic heterocycles. The van der Waals surface area contributed by atoms with Crippen molar-refractivity contribution in [1.82, 2.24) is 5.43 Å². The molecule has 0 aliphatic carbocycles. The van der Waals surface area contributed by atoms with Crippen LogP contribution < -0.4 is 10.7 Å².